The molecule has 0 aliphatic heterocycles. The predicted octanol–water partition coefficient (Wildman–Crippen LogP) is 3.27. The molecule has 0 bridgehead atoms. The van der Waals surface area contributed by atoms with E-state index in [9.17, 15) is 13.6 Å². The van der Waals surface area contributed by atoms with E-state index in [1.165, 1.54) is 18.2 Å². The third-order valence-electron chi connectivity index (χ3n) is 1.54. The van der Waals surface area contributed by atoms with Gasteiger partial charge in [-0.1, -0.05) is 35.3 Å². The summed E-state index contributed by atoms with van der Waals surface area (Å²) in [5.74, 6) is -0.664. The third kappa shape index (κ3) is 3.64. The molecule has 1 rings (SSSR count). The lowest BCUT2D eigenvalue weighted by molar-refractivity contribution is -0.0498. The Bertz CT molecular complexity index is 356. The maximum absolute atomic E-state index is 11.9. The van der Waals surface area contributed by atoms with E-state index < -0.39 is 17.2 Å². The van der Waals surface area contributed by atoms with Crippen LogP contribution in [0.5, 0.6) is 5.75 Å². The van der Waals surface area contributed by atoms with Gasteiger partial charge in [0.25, 0.3) is 0 Å². The van der Waals surface area contributed by atoms with Gasteiger partial charge in [0, 0.05) is 5.56 Å². The van der Waals surface area contributed by atoms with E-state index in [1.807, 2.05) is 0 Å². The van der Waals surface area contributed by atoms with E-state index in [4.69, 9.17) is 23.2 Å². The summed E-state index contributed by atoms with van der Waals surface area (Å²) in [6.45, 7) is -2.93. The maximum atomic E-state index is 11.9. The zero-order chi connectivity index (χ0) is 11.4. The first-order valence-corrected chi connectivity index (χ1v) is 4.75. The van der Waals surface area contributed by atoms with Crippen LogP contribution in [0.4, 0.5) is 8.78 Å². The van der Waals surface area contributed by atoms with E-state index in [0.717, 1.165) is 6.07 Å². The number of ketones is 1. The van der Waals surface area contributed by atoms with Gasteiger partial charge in [0.1, 0.15) is 5.75 Å². The number of Topliss-reactive ketones (excluding diaryl/α,β-unsaturated/α-hetero) is 1. The molecule has 1 aromatic carbocycles. The second kappa shape index (κ2) is 5.28. The summed E-state index contributed by atoms with van der Waals surface area (Å²) in [5.41, 5.74) is 0.128. The summed E-state index contributed by atoms with van der Waals surface area (Å²) in [4.78, 5) is 10.1. The maximum Gasteiger partial charge on any atom is 0.387 e. The molecule has 0 aromatic heterocycles. The number of halogens is 4. The van der Waals surface area contributed by atoms with Crippen molar-refractivity contribution in [2.75, 3.05) is 0 Å². The fraction of sp³-hybridized carbons (Fsp3) is 0.222. The standard InChI is InChI=1S/C9H6Cl2F2O2/c10-8(11)7(14)5-2-1-3-6(4-5)15-9(12)13/h1-4,8-9H. The molecule has 0 fully saturated rings. The Morgan fingerprint density at radius 3 is 2.53 bits per heavy atom. The van der Waals surface area contributed by atoms with E-state index in [0.29, 0.717) is 0 Å². The van der Waals surface area contributed by atoms with Crippen molar-refractivity contribution in [2.45, 2.75) is 11.4 Å². The lowest BCUT2D eigenvalue weighted by atomic mass is 10.1. The highest BCUT2D eigenvalue weighted by atomic mass is 35.5. The molecule has 0 aliphatic rings. The van der Waals surface area contributed by atoms with Crippen LogP contribution in [0.15, 0.2) is 24.3 Å². The van der Waals surface area contributed by atoms with Crippen molar-refractivity contribution < 1.29 is 18.3 Å². The van der Waals surface area contributed by atoms with Crippen LogP contribution >= 0.6 is 23.2 Å². The molecule has 0 saturated heterocycles. The van der Waals surface area contributed by atoms with Crippen molar-refractivity contribution in [3.8, 4) is 5.75 Å². The van der Waals surface area contributed by atoms with Crippen LogP contribution in [-0.4, -0.2) is 17.2 Å². The predicted molar refractivity (Wildman–Crippen MR) is 52.9 cm³/mol. The number of rotatable bonds is 4. The van der Waals surface area contributed by atoms with Crippen molar-refractivity contribution in [1.82, 2.24) is 0 Å². The lowest BCUT2D eigenvalue weighted by Gasteiger charge is -2.06. The van der Waals surface area contributed by atoms with Gasteiger partial charge in [0.2, 0.25) is 0 Å². The molecule has 6 heteroatoms. The highest BCUT2D eigenvalue weighted by Crippen LogP contribution is 2.19. The van der Waals surface area contributed by atoms with Gasteiger partial charge >= 0.3 is 6.61 Å². The van der Waals surface area contributed by atoms with Crippen LogP contribution in [0.1, 0.15) is 10.4 Å². The Morgan fingerprint density at radius 1 is 1.33 bits per heavy atom. The summed E-state index contributed by atoms with van der Waals surface area (Å²) in [7, 11) is 0. The smallest absolute Gasteiger partial charge is 0.387 e. The average molecular weight is 255 g/mol. The average Bonchev–Trinajstić information content (AvgIpc) is 2.16. The van der Waals surface area contributed by atoms with E-state index in [-0.39, 0.29) is 11.3 Å². The molecule has 82 valence electrons. The van der Waals surface area contributed by atoms with E-state index in [1.54, 1.807) is 0 Å². The molecular formula is C9H6Cl2F2O2. The van der Waals surface area contributed by atoms with Gasteiger partial charge in [0.15, 0.2) is 10.6 Å². The fourth-order valence-corrected chi connectivity index (χ4v) is 1.20. The first-order chi connectivity index (χ1) is 7.00. The van der Waals surface area contributed by atoms with Crippen LogP contribution in [0.25, 0.3) is 0 Å². The van der Waals surface area contributed by atoms with Gasteiger partial charge in [-0.05, 0) is 12.1 Å². The van der Waals surface area contributed by atoms with Crippen molar-refractivity contribution in [3.05, 3.63) is 29.8 Å². The molecule has 2 nitrogen and oxygen atoms in total. The number of hydrogen-bond acceptors (Lipinski definition) is 2. The largest absolute Gasteiger partial charge is 0.435 e. The molecule has 0 aliphatic carbocycles. The van der Waals surface area contributed by atoms with Crippen LogP contribution in [0.2, 0.25) is 0 Å². The minimum Gasteiger partial charge on any atom is -0.435 e. The van der Waals surface area contributed by atoms with Gasteiger partial charge < -0.3 is 4.74 Å². The molecule has 0 saturated carbocycles. The highest BCUT2D eigenvalue weighted by molar-refractivity contribution is 6.55. The van der Waals surface area contributed by atoms with Crippen molar-refractivity contribution in [1.29, 1.82) is 0 Å². The summed E-state index contributed by atoms with van der Waals surface area (Å²) in [6, 6.07) is 5.28. The number of carbonyl (C=O) groups excluding carboxylic acids is 1. The molecule has 0 heterocycles. The molecule has 15 heavy (non-hydrogen) atoms. The van der Waals surface area contributed by atoms with Crippen molar-refractivity contribution in [3.63, 3.8) is 0 Å². The Kier molecular flexibility index (Phi) is 4.29. The molecule has 0 N–H and O–H groups in total. The Balaban J connectivity index is 2.87. The molecule has 0 unspecified atom stereocenters. The summed E-state index contributed by atoms with van der Waals surface area (Å²) in [5, 5.41) is 0. The number of alkyl halides is 4. The van der Waals surface area contributed by atoms with Gasteiger partial charge in [-0.25, -0.2) is 0 Å². The lowest BCUT2D eigenvalue weighted by Crippen LogP contribution is -2.09. The Labute approximate surface area is 94.7 Å². The van der Waals surface area contributed by atoms with Gasteiger partial charge in [-0.2, -0.15) is 8.78 Å². The van der Waals surface area contributed by atoms with Gasteiger partial charge in [-0.3, -0.25) is 4.79 Å². The Hall–Kier alpha value is -0.870. The monoisotopic (exact) mass is 254 g/mol. The summed E-state index contributed by atoms with van der Waals surface area (Å²) < 4.78 is 27.8. The van der Waals surface area contributed by atoms with Crippen LogP contribution in [-0.2, 0) is 0 Å². The number of hydrogen-bond donors (Lipinski definition) is 0. The number of carbonyl (C=O) groups is 1. The molecule has 1 aromatic rings. The van der Waals surface area contributed by atoms with Crippen molar-refractivity contribution in [2.24, 2.45) is 0 Å². The second-order valence-electron chi connectivity index (χ2n) is 2.57. The van der Waals surface area contributed by atoms with Crippen LogP contribution in [0, 0.1) is 0 Å². The topological polar surface area (TPSA) is 26.3 Å². The molecule has 0 amide bonds. The quantitative estimate of drug-likeness (QED) is 0.609. The molecule has 0 spiro atoms. The molecular weight excluding hydrogens is 249 g/mol. The minimum absolute atomic E-state index is 0.107. The zero-order valence-electron chi connectivity index (χ0n) is 7.29. The SMILES string of the molecule is O=C(c1cccc(OC(F)F)c1)C(Cl)Cl. The van der Waals surface area contributed by atoms with Crippen LogP contribution < -0.4 is 4.74 Å². The zero-order valence-corrected chi connectivity index (χ0v) is 8.80. The van der Waals surface area contributed by atoms with Crippen molar-refractivity contribution >= 4 is 29.0 Å². The normalized spacial score (nSPS) is 10.8. The van der Waals surface area contributed by atoms with E-state index >= 15 is 0 Å². The fourth-order valence-electron chi connectivity index (χ4n) is 0.952. The Morgan fingerprint density at radius 2 is 2.00 bits per heavy atom. The van der Waals surface area contributed by atoms with E-state index in [2.05, 4.69) is 4.74 Å². The van der Waals surface area contributed by atoms with Gasteiger partial charge in [0.05, 0.1) is 0 Å². The second-order valence-corrected chi connectivity index (χ2v) is 3.67. The molecule has 0 atom stereocenters. The highest BCUT2D eigenvalue weighted by Gasteiger charge is 2.15. The molecule has 0 radical (unpaired) electrons. The third-order valence-corrected chi connectivity index (χ3v) is 1.94. The van der Waals surface area contributed by atoms with Gasteiger partial charge in [-0.15, -0.1) is 0 Å². The summed E-state index contributed by atoms with van der Waals surface area (Å²) in [6.07, 6.45) is 0. The number of benzene rings is 1. The van der Waals surface area contributed by atoms with Crippen LogP contribution in [0.3, 0.4) is 0 Å². The minimum atomic E-state index is -2.93. The first kappa shape index (κ1) is 12.2. The number of ether oxygens (including phenoxy) is 1. The first-order valence-electron chi connectivity index (χ1n) is 3.88. The summed E-state index contributed by atoms with van der Waals surface area (Å²) >= 11 is 10.7.